The zero-order valence-corrected chi connectivity index (χ0v) is 12.9. The van der Waals surface area contributed by atoms with E-state index in [0.717, 1.165) is 25.3 Å². The number of halogens is 1. The van der Waals surface area contributed by atoms with E-state index in [1.807, 2.05) is 42.5 Å². The summed E-state index contributed by atoms with van der Waals surface area (Å²) in [5.74, 6) is 1.59. The number of likely N-dealkylation sites (tertiary alicyclic amines) is 1. The van der Waals surface area contributed by atoms with Crippen molar-refractivity contribution in [3.63, 3.8) is 0 Å². The average Bonchev–Trinajstić information content (AvgIpc) is 2.55. The van der Waals surface area contributed by atoms with Crippen molar-refractivity contribution in [2.24, 2.45) is 5.92 Å². The lowest BCUT2D eigenvalue weighted by Gasteiger charge is -2.37. The van der Waals surface area contributed by atoms with E-state index < -0.39 is 0 Å². The summed E-state index contributed by atoms with van der Waals surface area (Å²) >= 11 is 0. The molecule has 22 heavy (non-hydrogen) atoms. The number of para-hydroxylation sites is 1. The Bertz CT molecular complexity index is 584. The summed E-state index contributed by atoms with van der Waals surface area (Å²) in [5, 5.41) is 0. The monoisotopic (exact) mass is 299 g/mol. The summed E-state index contributed by atoms with van der Waals surface area (Å²) in [6, 6.07) is 16.9. The summed E-state index contributed by atoms with van der Waals surface area (Å²) in [6.07, 6.45) is 1.09. The Balaban J connectivity index is 1.71. The highest BCUT2D eigenvalue weighted by Gasteiger charge is 2.29. The highest BCUT2D eigenvalue weighted by Crippen LogP contribution is 2.33. The van der Waals surface area contributed by atoms with E-state index in [1.165, 1.54) is 5.56 Å². The molecule has 2 aromatic carbocycles. The molecule has 1 aliphatic rings. The molecule has 1 heterocycles. The van der Waals surface area contributed by atoms with Crippen molar-refractivity contribution in [1.29, 1.82) is 0 Å². The molecule has 116 valence electrons. The maximum absolute atomic E-state index is 13.1. The van der Waals surface area contributed by atoms with Gasteiger partial charge in [-0.2, -0.15) is 0 Å². The van der Waals surface area contributed by atoms with Gasteiger partial charge in [-0.05, 0) is 55.8 Å². The number of piperidine rings is 1. The van der Waals surface area contributed by atoms with Crippen LogP contribution in [0.2, 0.25) is 0 Å². The number of ether oxygens (including phenoxy) is 1. The maximum atomic E-state index is 13.1. The Kier molecular flexibility index (Phi) is 4.74. The van der Waals surface area contributed by atoms with Gasteiger partial charge in [0, 0.05) is 12.5 Å². The van der Waals surface area contributed by atoms with Crippen molar-refractivity contribution in [2.45, 2.75) is 12.3 Å². The largest absolute Gasteiger partial charge is 0.493 e. The molecule has 0 radical (unpaired) electrons. The quantitative estimate of drug-likeness (QED) is 0.848. The minimum absolute atomic E-state index is 0.172. The van der Waals surface area contributed by atoms with E-state index in [-0.39, 0.29) is 5.82 Å². The first-order valence-corrected chi connectivity index (χ1v) is 7.84. The van der Waals surface area contributed by atoms with Crippen LogP contribution in [0.5, 0.6) is 5.75 Å². The SMILES string of the molecule is CN1CC[C@H](c2ccc(F)cc2)[C@@H](COc2ccccc2)C1. The number of benzene rings is 2. The summed E-state index contributed by atoms with van der Waals surface area (Å²) in [7, 11) is 2.15. The lowest BCUT2D eigenvalue weighted by molar-refractivity contribution is 0.129. The van der Waals surface area contributed by atoms with Gasteiger partial charge in [0.05, 0.1) is 6.61 Å². The normalized spacial score (nSPS) is 22.5. The third kappa shape index (κ3) is 3.66. The second-order valence-electron chi connectivity index (χ2n) is 6.09. The van der Waals surface area contributed by atoms with E-state index >= 15 is 0 Å². The van der Waals surface area contributed by atoms with Gasteiger partial charge in [0.2, 0.25) is 0 Å². The Morgan fingerprint density at radius 3 is 2.55 bits per heavy atom. The Labute approximate surface area is 131 Å². The average molecular weight is 299 g/mol. The van der Waals surface area contributed by atoms with Crippen LogP contribution in [-0.2, 0) is 0 Å². The summed E-state index contributed by atoms with van der Waals surface area (Å²) in [6.45, 7) is 2.77. The molecule has 1 saturated heterocycles. The van der Waals surface area contributed by atoms with Crippen molar-refractivity contribution < 1.29 is 9.13 Å². The van der Waals surface area contributed by atoms with E-state index in [2.05, 4.69) is 11.9 Å². The van der Waals surface area contributed by atoms with Crippen LogP contribution < -0.4 is 4.74 Å². The molecule has 0 N–H and O–H groups in total. The van der Waals surface area contributed by atoms with Crippen molar-refractivity contribution in [1.82, 2.24) is 4.90 Å². The number of hydrogen-bond donors (Lipinski definition) is 0. The van der Waals surface area contributed by atoms with Crippen molar-refractivity contribution in [2.75, 3.05) is 26.7 Å². The first kappa shape index (κ1) is 15.0. The number of rotatable bonds is 4. The molecule has 2 atom stereocenters. The summed E-state index contributed by atoms with van der Waals surface area (Å²) in [5.41, 5.74) is 1.22. The maximum Gasteiger partial charge on any atom is 0.123 e. The fraction of sp³-hybridized carbons (Fsp3) is 0.368. The van der Waals surface area contributed by atoms with Gasteiger partial charge in [0.1, 0.15) is 11.6 Å². The standard InChI is InChI=1S/C19H22FNO/c1-21-12-11-19(15-7-9-17(20)10-8-15)16(13-21)14-22-18-5-3-2-4-6-18/h2-10,16,19H,11-14H2,1H3/t16-,19-/m1/s1. The second-order valence-corrected chi connectivity index (χ2v) is 6.09. The Morgan fingerprint density at radius 1 is 1.09 bits per heavy atom. The number of nitrogens with zero attached hydrogens (tertiary/aromatic N) is 1. The predicted molar refractivity (Wildman–Crippen MR) is 86.7 cm³/mol. The van der Waals surface area contributed by atoms with Gasteiger partial charge in [0.15, 0.2) is 0 Å². The van der Waals surface area contributed by atoms with Crippen LogP contribution in [0.15, 0.2) is 54.6 Å². The summed E-state index contributed by atoms with van der Waals surface area (Å²) < 4.78 is 19.1. The third-order valence-electron chi connectivity index (χ3n) is 4.44. The van der Waals surface area contributed by atoms with Crippen LogP contribution in [0.25, 0.3) is 0 Å². The molecule has 0 unspecified atom stereocenters. The van der Waals surface area contributed by atoms with Gasteiger partial charge < -0.3 is 9.64 Å². The molecule has 0 aliphatic carbocycles. The molecular formula is C19H22FNO. The van der Waals surface area contributed by atoms with Crippen molar-refractivity contribution >= 4 is 0 Å². The van der Waals surface area contributed by atoms with Gasteiger partial charge in [-0.15, -0.1) is 0 Å². The molecule has 0 bridgehead atoms. The molecule has 0 spiro atoms. The van der Waals surface area contributed by atoms with Crippen molar-refractivity contribution in [3.8, 4) is 5.75 Å². The highest BCUT2D eigenvalue weighted by molar-refractivity contribution is 5.23. The molecule has 1 fully saturated rings. The first-order valence-electron chi connectivity index (χ1n) is 7.84. The first-order chi connectivity index (χ1) is 10.7. The van der Waals surface area contributed by atoms with Gasteiger partial charge in [0.25, 0.3) is 0 Å². The zero-order chi connectivity index (χ0) is 15.4. The Morgan fingerprint density at radius 2 is 1.82 bits per heavy atom. The van der Waals surface area contributed by atoms with Crippen LogP contribution in [0.4, 0.5) is 4.39 Å². The highest BCUT2D eigenvalue weighted by atomic mass is 19.1. The lowest BCUT2D eigenvalue weighted by Crippen LogP contribution is -2.39. The number of hydrogen-bond acceptors (Lipinski definition) is 2. The molecule has 1 aliphatic heterocycles. The van der Waals surface area contributed by atoms with Gasteiger partial charge in [-0.1, -0.05) is 30.3 Å². The van der Waals surface area contributed by atoms with Crippen LogP contribution in [-0.4, -0.2) is 31.6 Å². The third-order valence-corrected chi connectivity index (χ3v) is 4.44. The topological polar surface area (TPSA) is 12.5 Å². The minimum Gasteiger partial charge on any atom is -0.493 e. The minimum atomic E-state index is -0.172. The molecule has 0 saturated carbocycles. The van der Waals surface area contributed by atoms with Crippen LogP contribution >= 0.6 is 0 Å². The summed E-state index contributed by atoms with van der Waals surface area (Å²) in [4.78, 5) is 2.35. The van der Waals surface area contributed by atoms with Crippen LogP contribution in [0.1, 0.15) is 17.9 Å². The van der Waals surface area contributed by atoms with Gasteiger partial charge in [-0.25, -0.2) is 4.39 Å². The second kappa shape index (κ2) is 6.93. The zero-order valence-electron chi connectivity index (χ0n) is 12.9. The van der Waals surface area contributed by atoms with E-state index in [1.54, 1.807) is 12.1 Å². The van der Waals surface area contributed by atoms with E-state index in [9.17, 15) is 4.39 Å². The molecule has 0 amide bonds. The van der Waals surface area contributed by atoms with Crippen LogP contribution in [0.3, 0.4) is 0 Å². The van der Waals surface area contributed by atoms with Crippen LogP contribution in [0, 0.1) is 11.7 Å². The molecule has 2 nitrogen and oxygen atoms in total. The molecule has 3 rings (SSSR count). The molecule has 0 aromatic heterocycles. The Hall–Kier alpha value is -1.87. The fourth-order valence-electron chi connectivity index (χ4n) is 3.25. The van der Waals surface area contributed by atoms with Crippen molar-refractivity contribution in [3.05, 3.63) is 66.0 Å². The van der Waals surface area contributed by atoms with Gasteiger partial charge >= 0.3 is 0 Å². The van der Waals surface area contributed by atoms with E-state index in [0.29, 0.717) is 18.4 Å². The van der Waals surface area contributed by atoms with Gasteiger partial charge in [-0.3, -0.25) is 0 Å². The molecule has 3 heteroatoms. The lowest BCUT2D eigenvalue weighted by atomic mass is 9.81. The fourth-order valence-corrected chi connectivity index (χ4v) is 3.25. The van der Waals surface area contributed by atoms with E-state index in [4.69, 9.17) is 4.74 Å². The molecule has 2 aromatic rings. The predicted octanol–water partition coefficient (Wildman–Crippen LogP) is 3.94. The molecular weight excluding hydrogens is 277 g/mol. The smallest absolute Gasteiger partial charge is 0.123 e.